The molecule has 9 N–H and O–H groups in total. The first kappa shape index (κ1) is 110. The molecule has 4 aliphatic rings. The molecule has 9 rings (SSSR count). The minimum absolute atomic E-state index is 0.00236. The quantitative estimate of drug-likeness (QED) is 0.0133. The Bertz CT molecular complexity index is 4860. The van der Waals surface area contributed by atoms with E-state index >= 15 is 8.78 Å². The van der Waals surface area contributed by atoms with E-state index in [-0.39, 0.29) is 117 Å². The summed E-state index contributed by atoms with van der Waals surface area (Å²) in [6.45, 7) is 20.4. The first-order valence-electron chi connectivity index (χ1n) is 46.6. The van der Waals surface area contributed by atoms with Crippen molar-refractivity contribution in [3.63, 3.8) is 0 Å². The lowest BCUT2D eigenvalue weighted by Gasteiger charge is -2.41. The molecule has 40 heteroatoms. The number of rotatable bonds is 51. The summed E-state index contributed by atoms with van der Waals surface area (Å²) in [5.74, 6) is -11.4. The summed E-state index contributed by atoms with van der Waals surface area (Å²) in [6, 6.07) is 22.8. The molecule has 36 nitrogen and oxygen atoms in total. The monoisotopic (exact) mass is 1960 g/mol. The van der Waals surface area contributed by atoms with E-state index < -0.39 is 167 Å². The largest absolute Gasteiger partial charge is 0.485 e. The molecule has 3 saturated heterocycles. The van der Waals surface area contributed by atoms with Gasteiger partial charge in [0.2, 0.25) is 41.4 Å². The number of ether oxygens (including phenoxy) is 9. The number of urea groups is 1. The van der Waals surface area contributed by atoms with Crippen molar-refractivity contribution < 1.29 is 119 Å². The van der Waals surface area contributed by atoms with Crippen LogP contribution in [0.2, 0.25) is 0 Å². The maximum atomic E-state index is 15.9. The highest BCUT2D eigenvalue weighted by Crippen LogP contribution is 2.45. The number of methoxy groups -OCH3 is 2. The summed E-state index contributed by atoms with van der Waals surface area (Å²) in [5, 5.41) is 27.5. The molecule has 754 valence electrons. The van der Waals surface area contributed by atoms with Gasteiger partial charge in [0.15, 0.2) is 17.4 Å². The fourth-order valence-corrected chi connectivity index (χ4v) is 18.6. The van der Waals surface area contributed by atoms with Crippen molar-refractivity contribution in [1.29, 1.82) is 0 Å². The smallest absolute Gasteiger partial charge is 0.410 e. The van der Waals surface area contributed by atoms with Gasteiger partial charge in [-0.3, -0.25) is 57.6 Å². The Morgan fingerprint density at radius 2 is 1.15 bits per heavy atom. The molecule has 14 amide bonds. The van der Waals surface area contributed by atoms with Gasteiger partial charge in [-0.25, -0.2) is 23.3 Å². The van der Waals surface area contributed by atoms with Gasteiger partial charge in [-0.05, 0) is 128 Å². The van der Waals surface area contributed by atoms with Crippen LogP contribution in [0.4, 0.5) is 29.7 Å². The zero-order chi connectivity index (χ0) is 101. The summed E-state index contributed by atoms with van der Waals surface area (Å²) < 4.78 is 82.4. The molecule has 0 saturated carbocycles. The number of aliphatic hydroxyl groups excluding tert-OH is 1. The lowest BCUT2D eigenvalue weighted by atomic mass is 9.89. The number of benzene rings is 5. The Morgan fingerprint density at radius 3 is 1.67 bits per heavy atom. The fraction of sp³-hybridized carbons (Fsp3) is 0.541. The third kappa shape index (κ3) is 30.9. The number of likely N-dealkylation sites (tertiary alicyclic amines) is 1. The molecule has 0 aromatic heterocycles. The van der Waals surface area contributed by atoms with E-state index in [0.29, 0.717) is 115 Å². The molecular weight excluding hydrogens is 1830 g/mol. The van der Waals surface area contributed by atoms with Crippen LogP contribution in [0.25, 0.3) is 0 Å². The number of aliphatic hydroxyl groups is 1. The Kier molecular flexibility index (Phi) is 43.5. The standard InChI is InChI=1S/C98H133F2N13O23S2/c1-15-61(8)82(76(128-13)55-78(115)112-38-20-24-75(112)84(129-14)62(9)88(117)103-63(10)83(116)65-21-17-16-18-22-65)108(11)94(123)80(59(4)5)107-91(120)81(60(6)7)109(12)98(127)136-56-64-25-31-68(32-26-64)104-89(118)74(23-19-37-102-97(101)126)105-90(119)79(58(2)3)106-77(114)57-134-50-49-132-47-48-133-51-52-135-85-72(99)53-69(54-73(85)100)113-95(124)86(137-70-33-27-66(28-34-70)92(121)110-39-43-130-44-40-110)87(96(113)125)138-71-35-29-67(30-36-71)93(122)111-41-45-131-46-42-111/h16-18,21-22,25-36,53-54,58-63,74-76,79-84,116H,15,19-20,23-24,37-52,55-57H2,1-14H3,(H,103,117)(H,104,118)(H,105,119)(H,106,114)(H,107,120)(H3,101,102,126)/t61?,62-,63-,74+,75+,76-,79+,80+,81+,82+,83-,84-/m1/s1. The highest BCUT2D eigenvalue weighted by atomic mass is 32.2. The predicted molar refractivity (Wildman–Crippen MR) is 511 cm³/mol. The van der Waals surface area contributed by atoms with E-state index in [1.165, 1.54) is 26.2 Å². The van der Waals surface area contributed by atoms with Crippen molar-refractivity contribution in [2.45, 2.75) is 185 Å². The van der Waals surface area contributed by atoms with Crippen molar-refractivity contribution in [2.75, 3.05) is 150 Å². The second kappa shape index (κ2) is 54.4. The number of halogens is 2. The molecule has 3 fully saturated rings. The number of amides is 14. The van der Waals surface area contributed by atoms with Crippen LogP contribution in [0.5, 0.6) is 5.75 Å². The highest BCUT2D eigenvalue weighted by molar-refractivity contribution is 8.08. The topological polar surface area (TPSA) is 443 Å². The van der Waals surface area contributed by atoms with Crippen molar-refractivity contribution in [1.82, 2.24) is 51.1 Å². The predicted octanol–water partition coefficient (Wildman–Crippen LogP) is 8.61. The van der Waals surface area contributed by atoms with Crippen LogP contribution in [0, 0.1) is 41.2 Å². The van der Waals surface area contributed by atoms with Crippen LogP contribution in [0.3, 0.4) is 0 Å². The van der Waals surface area contributed by atoms with Gasteiger partial charge in [0.05, 0.1) is 124 Å². The van der Waals surface area contributed by atoms with E-state index in [0.717, 1.165) is 40.6 Å². The number of hydrogen-bond acceptors (Lipinski definition) is 25. The van der Waals surface area contributed by atoms with Crippen LogP contribution in [-0.4, -0.2) is 301 Å². The number of nitrogens with one attached hydrogen (secondary N) is 6. The molecule has 5 aromatic rings. The van der Waals surface area contributed by atoms with Crippen LogP contribution in [0.1, 0.15) is 146 Å². The van der Waals surface area contributed by atoms with Gasteiger partial charge in [-0.1, -0.05) is 135 Å². The van der Waals surface area contributed by atoms with Crippen LogP contribution in [-0.2, 0) is 87.7 Å². The molecule has 0 bridgehead atoms. The molecule has 0 radical (unpaired) electrons. The number of nitrogens with two attached hydrogens (primary N) is 1. The summed E-state index contributed by atoms with van der Waals surface area (Å²) in [4.78, 5) is 189. The first-order chi connectivity index (χ1) is 66.0. The average molecular weight is 1960 g/mol. The SMILES string of the molecule is CCC(C)[C@@H]([C@@H](CC(=O)N1CCC[C@H]1[C@H](OC)[C@@H](C)C(=O)N[C@H](C)[C@@H](O)c1ccccc1)OC)N(C)C(=O)[C@@H](NC(=O)[C@H](C(C)C)N(C)C(=O)OCc1ccc(NC(=O)[C@H](CCCNC(N)=O)NC(=O)[C@@H](NC(=O)COCCOCCOCCOc2c(F)cc(N3C(=O)C(Sc4ccc(C(=O)N5CCOCC5)cc4)=C(Sc4ccc(C(=O)N5CCOCC5)cc4)C3=O)cc2F)C(C)C)cc1)C(C)C. The minimum Gasteiger partial charge on any atom is -0.485 e. The molecule has 0 spiro atoms. The first-order valence-corrected chi connectivity index (χ1v) is 48.3. The summed E-state index contributed by atoms with van der Waals surface area (Å²) >= 11 is 1.89. The van der Waals surface area contributed by atoms with Gasteiger partial charge in [0, 0.05) is 106 Å². The Morgan fingerprint density at radius 1 is 0.609 bits per heavy atom. The summed E-state index contributed by atoms with van der Waals surface area (Å²) in [7, 11) is 6.03. The van der Waals surface area contributed by atoms with Crippen LogP contribution in [0.15, 0.2) is 135 Å². The van der Waals surface area contributed by atoms with E-state index in [9.17, 15) is 67.4 Å². The summed E-state index contributed by atoms with van der Waals surface area (Å²) in [5.41, 5.74) is 7.13. The molecule has 1 unspecified atom stereocenters. The van der Waals surface area contributed by atoms with Crippen molar-refractivity contribution in [2.24, 2.45) is 35.3 Å². The number of carbonyl (C=O) groups excluding carboxylic acids is 13. The lowest BCUT2D eigenvalue weighted by Crippen LogP contribution is -2.60. The second-order valence-corrected chi connectivity index (χ2v) is 37.5. The van der Waals surface area contributed by atoms with Gasteiger partial charge in [0.1, 0.15) is 44.0 Å². The number of thioether (sulfide) groups is 2. The second-order valence-electron chi connectivity index (χ2n) is 35.3. The van der Waals surface area contributed by atoms with Gasteiger partial charge >= 0.3 is 12.1 Å². The molecule has 5 aromatic carbocycles. The van der Waals surface area contributed by atoms with E-state index in [1.807, 2.05) is 32.0 Å². The van der Waals surface area contributed by atoms with Crippen molar-refractivity contribution >= 4 is 112 Å². The number of primary amides is 1. The number of morpholine rings is 2. The van der Waals surface area contributed by atoms with Gasteiger partial charge in [-0.15, -0.1) is 0 Å². The van der Waals surface area contributed by atoms with E-state index in [4.69, 9.17) is 48.4 Å². The summed E-state index contributed by atoms with van der Waals surface area (Å²) in [6.07, 6.45) is -1.39. The van der Waals surface area contributed by atoms with Gasteiger partial charge in [0.25, 0.3) is 23.6 Å². The minimum atomic E-state index is -1.21. The van der Waals surface area contributed by atoms with Crippen LogP contribution >= 0.6 is 23.5 Å². The number of imide groups is 1. The van der Waals surface area contributed by atoms with Gasteiger partial charge in [-0.2, -0.15) is 0 Å². The maximum absolute atomic E-state index is 15.9. The van der Waals surface area contributed by atoms with Crippen molar-refractivity contribution in [3.8, 4) is 5.75 Å². The third-order valence-corrected chi connectivity index (χ3v) is 26.8. The molecule has 4 heterocycles. The number of nitrogens with zero attached hydrogens (tertiary/aromatic N) is 6. The Balaban J connectivity index is 0.701. The average Bonchev–Trinajstić information content (AvgIpc) is 1.61. The molecule has 0 aliphatic carbocycles. The Hall–Kier alpha value is -11.2. The number of carbonyl (C=O) groups is 13. The molecule has 12 atom stereocenters. The maximum Gasteiger partial charge on any atom is 0.410 e. The Labute approximate surface area is 812 Å². The molecule has 138 heavy (non-hydrogen) atoms. The number of anilines is 2. The fourth-order valence-electron chi connectivity index (χ4n) is 16.6. The van der Waals surface area contributed by atoms with E-state index in [2.05, 4.69) is 31.9 Å². The van der Waals surface area contributed by atoms with Crippen LogP contribution < -0.4 is 47.3 Å². The highest BCUT2D eigenvalue weighted by Gasteiger charge is 2.46. The van der Waals surface area contributed by atoms with Gasteiger partial charge < -0.3 is 105 Å². The lowest BCUT2D eigenvalue weighted by molar-refractivity contribution is -0.148. The third-order valence-electron chi connectivity index (χ3n) is 24.5. The zero-order valence-corrected chi connectivity index (χ0v) is 82.5. The zero-order valence-electron chi connectivity index (χ0n) is 80.9. The normalized spacial score (nSPS) is 17.0. The number of hydrogen-bond donors (Lipinski definition) is 8. The molecular formula is C98H133F2N13O23S2. The van der Waals surface area contributed by atoms with Crippen molar-refractivity contribution in [3.05, 3.63) is 159 Å². The molecule has 4 aliphatic heterocycles. The van der Waals surface area contributed by atoms with E-state index in [1.54, 1.807) is 162 Å². The number of likely N-dealkylation sites (N-methyl/N-ethyl adjacent to an activating group) is 2.